The number of H-pyrrole nitrogens is 1. The molecule has 0 saturated carbocycles. The minimum atomic E-state index is 0.534. The van der Waals surface area contributed by atoms with E-state index in [1.807, 2.05) is 0 Å². The Kier molecular flexibility index (Phi) is 2.21. The summed E-state index contributed by atoms with van der Waals surface area (Å²) in [6, 6.07) is 6.30. The van der Waals surface area contributed by atoms with Gasteiger partial charge in [-0.1, -0.05) is 19.1 Å². The van der Waals surface area contributed by atoms with E-state index in [0.29, 0.717) is 11.8 Å². The monoisotopic (exact) mass is 215 g/mol. The Morgan fingerprint density at radius 1 is 1.31 bits per heavy atom. The number of hydrogen-bond donors (Lipinski definition) is 2. The van der Waals surface area contributed by atoms with E-state index < -0.39 is 0 Å². The van der Waals surface area contributed by atoms with Crippen molar-refractivity contribution in [2.75, 3.05) is 13.1 Å². The summed E-state index contributed by atoms with van der Waals surface area (Å²) < 4.78 is 0. The molecule has 1 fully saturated rings. The molecule has 0 spiro atoms. The van der Waals surface area contributed by atoms with E-state index in [1.165, 1.54) is 5.56 Å². The molecule has 1 aliphatic rings. The van der Waals surface area contributed by atoms with Crippen molar-refractivity contribution in [1.29, 1.82) is 0 Å². The molecule has 0 amide bonds. The average Bonchev–Trinajstić information content (AvgIpc) is 2.84. The number of aromatic nitrogens is 2. The van der Waals surface area contributed by atoms with E-state index >= 15 is 0 Å². The molecule has 3 nitrogen and oxygen atoms in total. The minimum absolute atomic E-state index is 0.534. The highest BCUT2D eigenvalue weighted by molar-refractivity contribution is 5.78. The third kappa shape index (κ3) is 1.43. The summed E-state index contributed by atoms with van der Waals surface area (Å²) in [5.74, 6) is 2.34. The van der Waals surface area contributed by atoms with Crippen molar-refractivity contribution < 1.29 is 0 Å². The summed E-state index contributed by atoms with van der Waals surface area (Å²) >= 11 is 0. The second kappa shape index (κ2) is 3.59. The van der Waals surface area contributed by atoms with Crippen LogP contribution in [0.5, 0.6) is 0 Å². The summed E-state index contributed by atoms with van der Waals surface area (Å²) in [7, 11) is 0. The molecule has 1 aromatic heterocycles. The third-order valence-electron chi connectivity index (χ3n) is 3.60. The molecule has 2 atom stereocenters. The summed E-state index contributed by atoms with van der Waals surface area (Å²) in [6.07, 6.45) is 0. The lowest BCUT2D eigenvalue weighted by atomic mass is 9.98. The summed E-state index contributed by atoms with van der Waals surface area (Å²) in [6.45, 7) is 6.54. The number of para-hydroxylation sites is 1. The Morgan fingerprint density at radius 3 is 2.88 bits per heavy atom. The first-order chi connectivity index (χ1) is 7.75. The molecule has 84 valence electrons. The van der Waals surface area contributed by atoms with Crippen molar-refractivity contribution in [3.8, 4) is 0 Å². The number of fused-ring (bicyclic) bond motifs is 1. The number of benzene rings is 1. The van der Waals surface area contributed by atoms with E-state index in [4.69, 9.17) is 4.98 Å². The van der Waals surface area contributed by atoms with Gasteiger partial charge in [-0.2, -0.15) is 0 Å². The molecular formula is C13H17N3. The number of rotatable bonds is 1. The van der Waals surface area contributed by atoms with Crippen LogP contribution >= 0.6 is 0 Å². The Bertz CT molecular complexity index is 515. The average molecular weight is 215 g/mol. The van der Waals surface area contributed by atoms with Gasteiger partial charge in [0.25, 0.3) is 0 Å². The molecule has 2 unspecified atom stereocenters. The molecule has 2 heterocycles. The zero-order valence-corrected chi connectivity index (χ0v) is 9.75. The molecule has 1 aromatic carbocycles. The van der Waals surface area contributed by atoms with Crippen LogP contribution in [0, 0.1) is 12.8 Å². The molecule has 16 heavy (non-hydrogen) atoms. The molecular weight excluding hydrogens is 198 g/mol. The van der Waals surface area contributed by atoms with Gasteiger partial charge in [0.05, 0.1) is 11.0 Å². The van der Waals surface area contributed by atoms with Crippen LogP contribution in [0.25, 0.3) is 11.0 Å². The first kappa shape index (κ1) is 9.85. The van der Waals surface area contributed by atoms with Crippen LogP contribution in [0.1, 0.15) is 24.2 Å². The molecule has 1 aliphatic heterocycles. The van der Waals surface area contributed by atoms with E-state index in [-0.39, 0.29) is 0 Å². The molecule has 0 aliphatic carbocycles. The minimum Gasteiger partial charge on any atom is -0.342 e. The van der Waals surface area contributed by atoms with Gasteiger partial charge in [0.15, 0.2) is 0 Å². The smallest absolute Gasteiger partial charge is 0.111 e. The number of nitrogens with one attached hydrogen (secondary N) is 2. The number of imidazole rings is 1. The van der Waals surface area contributed by atoms with Gasteiger partial charge in [0, 0.05) is 12.5 Å². The van der Waals surface area contributed by atoms with Crippen LogP contribution in [-0.4, -0.2) is 23.1 Å². The highest BCUT2D eigenvalue weighted by Crippen LogP contribution is 2.27. The lowest BCUT2D eigenvalue weighted by Crippen LogP contribution is -2.09. The highest BCUT2D eigenvalue weighted by atomic mass is 15.0. The Hall–Kier alpha value is -1.35. The molecule has 0 radical (unpaired) electrons. The van der Waals surface area contributed by atoms with Crippen LogP contribution in [0.4, 0.5) is 0 Å². The predicted molar refractivity (Wildman–Crippen MR) is 65.6 cm³/mol. The SMILES string of the molecule is Cc1cccc2[nH]c(C3CNCC3C)nc12. The van der Waals surface area contributed by atoms with E-state index in [1.54, 1.807) is 0 Å². The maximum absolute atomic E-state index is 4.75. The molecule has 3 heteroatoms. The standard InChI is InChI=1S/C13H17N3/c1-8-4-3-5-11-12(8)16-13(15-11)10-7-14-6-9(10)2/h3-5,9-10,14H,6-7H2,1-2H3,(H,15,16). The number of nitrogens with zero attached hydrogens (tertiary/aromatic N) is 1. The van der Waals surface area contributed by atoms with Crippen molar-refractivity contribution in [3.05, 3.63) is 29.6 Å². The van der Waals surface area contributed by atoms with Crippen molar-refractivity contribution in [2.45, 2.75) is 19.8 Å². The highest BCUT2D eigenvalue weighted by Gasteiger charge is 2.27. The molecule has 1 saturated heterocycles. The van der Waals surface area contributed by atoms with Gasteiger partial charge >= 0.3 is 0 Å². The third-order valence-corrected chi connectivity index (χ3v) is 3.60. The van der Waals surface area contributed by atoms with Gasteiger partial charge in [-0.15, -0.1) is 0 Å². The second-order valence-corrected chi connectivity index (χ2v) is 4.84. The summed E-state index contributed by atoms with van der Waals surface area (Å²) in [4.78, 5) is 8.21. The van der Waals surface area contributed by atoms with Gasteiger partial charge in [0.2, 0.25) is 0 Å². The molecule has 2 aromatic rings. The van der Waals surface area contributed by atoms with E-state index in [9.17, 15) is 0 Å². The van der Waals surface area contributed by atoms with Crippen molar-refractivity contribution in [1.82, 2.24) is 15.3 Å². The normalized spacial score (nSPS) is 25.4. The largest absolute Gasteiger partial charge is 0.342 e. The second-order valence-electron chi connectivity index (χ2n) is 4.84. The van der Waals surface area contributed by atoms with Gasteiger partial charge in [-0.3, -0.25) is 0 Å². The van der Waals surface area contributed by atoms with Gasteiger partial charge < -0.3 is 10.3 Å². The lowest BCUT2D eigenvalue weighted by Gasteiger charge is -2.09. The molecule has 2 N–H and O–H groups in total. The van der Waals surface area contributed by atoms with Crippen LogP contribution in [0.3, 0.4) is 0 Å². The zero-order valence-electron chi connectivity index (χ0n) is 9.75. The molecule has 0 bridgehead atoms. The fourth-order valence-corrected chi connectivity index (χ4v) is 2.55. The number of hydrogen-bond acceptors (Lipinski definition) is 2. The van der Waals surface area contributed by atoms with Gasteiger partial charge in [-0.05, 0) is 31.0 Å². The van der Waals surface area contributed by atoms with Crippen LogP contribution in [0.2, 0.25) is 0 Å². The molecule has 3 rings (SSSR count). The van der Waals surface area contributed by atoms with Crippen molar-refractivity contribution in [3.63, 3.8) is 0 Å². The maximum Gasteiger partial charge on any atom is 0.111 e. The zero-order chi connectivity index (χ0) is 11.1. The first-order valence-corrected chi connectivity index (χ1v) is 5.91. The maximum atomic E-state index is 4.75. The summed E-state index contributed by atoms with van der Waals surface area (Å²) in [5.41, 5.74) is 3.53. The first-order valence-electron chi connectivity index (χ1n) is 5.91. The topological polar surface area (TPSA) is 40.7 Å². The Labute approximate surface area is 95.3 Å². The van der Waals surface area contributed by atoms with Crippen LogP contribution < -0.4 is 5.32 Å². The summed E-state index contributed by atoms with van der Waals surface area (Å²) in [5, 5.41) is 3.42. The van der Waals surface area contributed by atoms with Crippen LogP contribution in [0.15, 0.2) is 18.2 Å². The van der Waals surface area contributed by atoms with Gasteiger partial charge in [0.1, 0.15) is 5.82 Å². The lowest BCUT2D eigenvalue weighted by molar-refractivity contribution is 0.551. The van der Waals surface area contributed by atoms with Crippen molar-refractivity contribution >= 4 is 11.0 Å². The van der Waals surface area contributed by atoms with E-state index in [2.05, 4.69) is 42.3 Å². The van der Waals surface area contributed by atoms with Gasteiger partial charge in [-0.25, -0.2) is 4.98 Å². The fourth-order valence-electron chi connectivity index (χ4n) is 2.55. The quantitative estimate of drug-likeness (QED) is 0.765. The fraction of sp³-hybridized carbons (Fsp3) is 0.462. The Morgan fingerprint density at radius 2 is 2.19 bits per heavy atom. The number of aromatic amines is 1. The Balaban J connectivity index is 2.08. The number of aryl methyl sites for hydroxylation is 1. The van der Waals surface area contributed by atoms with E-state index in [0.717, 1.165) is 29.9 Å². The van der Waals surface area contributed by atoms with Crippen LogP contribution in [-0.2, 0) is 0 Å². The van der Waals surface area contributed by atoms with Crippen molar-refractivity contribution in [2.24, 2.45) is 5.92 Å². The predicted octanol–water partition coefficient (Wildman–Crippen LogP) is 2.19.